The number of ether oxygens (including phenoxy) is 1. The van der Waals surface area contributed by atoms with Crippen LogP contribution in [-0.4, -0.2) is 37.0 Å². The lowest BCUT2D eigenvalue weighted by atomic mass is 10.3. The molecule has 0 aromatic heterocycles. The van der Waals surface area contributed by atoms with Crippen LogP contribution in [0.3, 0.4) is 0 Å². The molecule has 1 heterocycles. The summed E-state index contributed by atoms with van der Waals surface area (Å²) in [5.41, 5.74) is 0. The number of hydrogen-bond acceptors (Lipinski definition) is 1. The molecule has 0 aromatic carbocycles. The summed E-state index contributed by atoms with van der Waals surface area (Å²) in [6.45, 7) is 11.4. The molecule has 0 bridgehead atoms. The number of hydrogen-bond donors (Lipinski definition) is 0. The molecule has 13 heavy (non-hydrogen) atoms. The minimum atomic E-state index is 0.382. The van der Waals surface area contributed by atoms with Crippen molar-refractivity contribution in [2.24, 2.45) is 0 Å². The minimum Gasteiger partial charge on any atom is -0.329 e. The fourth-order valence-corrected chi connectivity index (χ4v) is 2.21. The Morgan fingerprint density at radius 1 is 1.23 bits per heavy atom. The molecule has 0 radical (unpaired) electrons. The zero-order chi connectivity index (χ0) is 9.73. The second kappa shape index (κ2) is 4.97. The van der Waals surface area contributed by atoms with Crippen molar-refractivity contribution >= 4 is 0 Å². The predicted molar refractivity (Wildman–Crippen MR) is 55.5 cm³/mol. The van der Waals surface area contributed by atoms with E-state index < -0.39 is 0 Å². The summed E-state index contributed by atoms with van der Waals surface area (Å²) in [4.78, 5) is 0. The largest absolute Gasteiger partial charge is 0.329 e. The molecule has 1 saturated heterocycles. The molecule has 0 aromatic rings. The van der Waals surface area contributed by atoms with E-state index in [1.165, 1.54) is 43.4 Å². The van der Waals surface area contributed by atoms with E-state index in [1.807, 2.05) is 0 Å². The molecule has 78 valence electrons. The smallest absolute Gasteiger partial charge is 0.183 e. The molecule has 1 aliphatic rings. The van der Waals surface area contributed by atoms with Gasteiger partial charge in [-0.05, 0) is 20.3 Å². The summed E-state index contributed by atoms with van der Waals surface area (Å²) in [5.74, 6) is 0. The van der Waals surface area contributed by atoms with Crippen LogP contribution in [0, 0.1) is 0 Å². The maximum absolute atomic E-state index is 5.75. The molecule has 0 aliphatic carbocycles. The molecule has 0 N–H and O–H groups in total. The topological polar surface area (TPSA) is 9.23 Å². The van der Waals surface area contributed by atoms with Crippen molar-refractivity contribution in [3.05, 3.63) is 0 Å². The SMILES string of the molecule is CCC[N+]1(COC(C)C)CCCC1. The van der Waals surface area contributed by atoms with Crippen LogP contribution in [0.2, 0.25) is 0 Å². The number of rotatable bonds is 5. The van der Waals surface area contributed by atoms with Gasteiger partial charge in [0.1, 0.15) is 0 Å². The second-order valence-electron chi connectivity index (χ2n) is 4.56. The third kappa shape index (κ3) is 3.28. The molecular formula is C11H24NO+. The van der Waals surface area contributed by atoms with Gasteiger partial charge in [0.25, 0.3) is 0 Å². The van der Waals surface area contributed by atoms with Crippen LogP contribution in [-0.2, 0) is 4.74 Å². The van der Waals surface area contributed by atoms with Crippen molar-refractivity contribution in [3.63, 3.8) is 0 Å². The molecule has 2 heteroatoms. The highest BCUT2D eigenvalue weighted by atomic mass is 16.5. The van der Waals surface area contributed by atoms with Gasteiger partial charge >= 0.3 is 0 Å². The first-order valence-electron chi connectivity index (χ1n) is 5.65. The van der Waals surface area contributed by atoms with Gasteiger partial charge in [-0.25, -0.2) is 0 Å². The first kappa shape index (κ1) is 11.0. The van der Waals surface area contributed by atoms with E-state index in [0.29, 0.717) is 6.10 Å². The van der Waals surface area contributed by atoms with Crippen LogP contribution in [0.4, 0.5) is 0 Å². The molecule has 0 amide bonds. The van der Waals surface area contributed by atoms with E-state index in [-0.39, 0.29) is 0 Å². The first-order chi connectivity index (χ1) is 6.18. The fraction of sp³-hybridized carbons (Fsp3) is 1.00. The van der Waals surface area contributed by atoms with E-state index in [1.54, 1.807) is 0 Å². The summed E-state index contributed by atoms with van der Waals surface area (Å²) in [5, 5.41) is 0. The molecule has 1 rings (SSSR count). The van der Waals surface area contributed by atoms with E-state index in [2.05, 4.69) is 20.8 Å². The molecule has 0 spiro atoms. The van der Waals surface area contributed by atoms with Gasteiger partial charge in [0.15, 0.2) is 6.73 Å². The quantitative estimate of drug-likeness (QED) is 0.599. The van der Waals surface area contributed by atoms with Crippen LogP contribution in [0.5, 0.6) is 0 Å². The van der Waals surface area contributed by atoms with Gasteiger partial charge < -0.3 is 9.22 Å². The lowest BCUT2D eigenvalue weighted by Gasteiger charge is -2.34. The standard InChI is InChI=1S/C11H24NO/c1-4-7-12(8-5-6-9-12)10-13-11(2)3/h11H,4-10H2,1-3H3/q+1. The maximum atomic E-state index is 5.75. The fourth-order valence-electron chi connectivity index (χ4n) is 2.21. The van der Waals surface area contributed by atoms with Gasteiger partial charge in [0, 0.05) is 12.8 Å². The molecule has 2 nitrogen and oxygen atoms in total. The van der Waals surface area contributed by atoms with Crippen LogP contribution in [0.15, 0.2) is 0 Å². The third-order valence-corrected chi connectivity index (χ3v) is 2.89. The van der Waals surface area contributed by atoms with Crippen molar-refractivity contribution in [2.45, 2.75) is 46.1 Å². The molecule has 0 atom stereocenters. The molecule has 0 unspecified atom stereocenters. The summed E-state index contributed by atoms with van der Waals surface area (Å²) < 4.78 is 6.97. The summed E-state index contributed by atoms with van der Waals surface area (Å²) in [7, 11) is 0. The van der Waals surface area contributed by atoms with Gasteiger partial charge in [-0.15, -0.1) is 0 Å². The Morgan fingerprint density at radius 2 is 1.85 bits per heavy atom. The summed E-state index contributed by atoms with van der Waals surface area (Å²) in [6.07, 6.45) is 4.44. The Labute approximate surface area is 82.5 Å². The van der Waals surface area contributed by atoms with E-state index in [9.17, 15) is 0 Å². The number of quaternary nitrogens is 1. The van der Waals surface area contributed by atoms with Crippen LogP contribution >= 0.6 is 0 Å². The monoisotopic (exact) mass is 186 g/mol. The summed E-state index contributed by atoms with van der Waals surface area (Å²) in [6, 6.07) is 0. The van der Waals surface area contributed by atoms with Crippen LogP contribution in [0.25, 0.3) is 0 Å². The van der Waals surface area contributed by atoms with Gasteiger partial charge in [-0.2, -0.15) is 0 Å². The van der Waals surface area contributed by atoms with Gasteiger partial charge in [0.2, 0.25) is 0 Å². The number of likely N-dealkylation sites (tertiary alicyclic amines) is 1. The third-order valence-electron chi connectivity index (χ3n) is 2.89. The molecule has 1 aliphatic heterocycles. The van der Waals surface area contributed by atoms with Crippen molar-refractivity contribution in [3.8, 4) is 0 Å². The Morgan fingerprint density at radius 3 is 2.31 bits per heavy atom. The van der Waals surface area contributed by atoms with Gasteiger partial charge in [-0.3, -0.25) is 0 Å². The zero-order valence-electron chi connectivity index (χ0n) is 9.38. The average molecular weight is 186 g/mol. The van der Waals surface area contributed by atoms with E-state index >= 15 is 0 Å². The highest BCUT2D eigenvalue weighted by Crippen LogP contribution is 2.20. The van der Waals surface area contributed by atoms with Crippen LogP contribution in [0.1, 0.15) is 40.0 Å². The Bertz CT molecular complexity index is 139. The highest BCUT2D eigenvalue weighted by Gasteiger charge is 2.31. The summed E-state index contributed by atoms with van der Waals surface area (Å²) >= 11 is 0. The highest BCUT2D eigenvalue weighted by molar-refractivity contribution is 4.52. The van der Waals surface area contributed by atoms with Crippen LogP contribution < -0.4 is 0 Å². The maximum Gasteiger partial charge on any atom is 0.183 e. The van der Waals surface area contributed by atoms with E-state index in [0.717, 1.165) is 6.73 Å². The van der Waals surface area contributed by atoms with E-state index in [4.69, 9.17) is 4.74 Å². The lowest BCUT2D eigenvalue weighted by molar-refractivity contribution is -0.935. The van der Waals surface area contributed by atoms with Crippen molar-refractivity contribution in [2.75, 3.05) is 26.4 Å². The minimum absolute atomic E-state index is 0.382. The van der Waals surface area contributed by atoms with Crippen molar-refractivity contribution in [1.29, 1.82) is 0 Å². The second-order valence-corrected chi connectivity index (χ2v) is 4.56. The molecule has 1 fully saturated rings. The predicted octanol–water partition coefficient (Wildman–Crippen LogP) is 2.39. The zero-order valence-corrected chi connectivity index (χ0v) is 9.38. The van der Waals surface area contributed by atoms with Gasteiger partial charge in [0.05, 0.1) is 25.7 Å². The number of nitrogens with zero attached hydrogens (tertiary/aromatic N) is 1. The first-order valence-corrected chi connectivity index (χ1v) is 5.65. The molecular weight excluding hydrogens is 162 g/mol. The van der Waals surface area contributed by atoms with Crippen molar-refractivity contribution in [1.82, 2.24) is 0 Å². The Balaban J connectivity index is 2.37. The average Bonchev–Trinajstić information content (AvgIpc) is 2.51. The molecule has 0 saturated carbocycles. The van der Waals surface area contributed by atoms with Crippen molar-refractivity contribution < 1.29 is 9.22 Å². The normalized spacial score (nSPS) is 21.2. The lowest BCUT2D eigenvalue weighted by Crippen LogP contribution is -2.48. The Hall–Kier alpha value is -0.0800. The van der Waals surface area contributed by atoms with Gasteiger partial charge in [-0.1, -0.05) is 6.92 Å². The Kier molecular flexibility index (Phi) is 4.20.